The first kappa shape index (κ1) is 17.8. The van der Waals surface area contributed by atoms with Gasteiger partial charge < -0.3 is 9.51 Å². The molecule has 3 heterocycles. The first-order valence-electron chi connectivity index (χ1n) is 9.76. The molecular formula is C21H20FN5O2. The molecule has 0 aliphatic heterocycles. The standard InChI is InChI=1S/C21H20FN5O2/c1-13-16(17-18(28)23-11-12-27(17)25-13)19-24-20(26-29-19)21(9-3-2-4-10-21)14-5-7-15(22)8-6-14/h5-8,11-12H,2-4,9-10H2,1H3,(H,23,28). The van der Waals surface area contributed by atoms with Crippen molar-refractivity contribution in [2.45, 2.75) is 44.4 Å². The highest BCUT2D eigenvalue weighted by molar-refractivity contribution is 5.76. The van der Waals surface area contributed by atoms with E-state index >= 15 is 0 Å². The molecule has 8 heteroatoms. The number of nitrogens with zero attached hydrogens (tertiary/aromatic N) is 4. The summed E-state index contributed by atoms with van der Waals surface area (Å²) in [6.07, 6.45) is 8.17. The lowest BCUT2D eigenvalue weighted by Crippen LogP contribution is -2.31. The number of benzene rings is 1. The van der Waals surface area contributed by atoms with E-state index in [1.165, 1.54) is 22.8 Å². The number of halogens is 1. The van der Waals surface area contributed by atoms with Gasteiger partial charge in [0.2, 0.25) is 0 Å². The van der Waals surface area contributed by atoms with Gasteiger partial charge in [-0.15, -0.1) is 0 Å². The van der Waals surface area contributed by atoms with Crippen molar-refractivity contribution in [3.8, 4) is 11.5 Å². The van der Waals surface area contributed by atoms with Gasteiger partial charge in [0, 0.05) is 12.4 Å². The molecule has 0 unspecified atom stereocenters. The zero-order valence-electron chi connectivity index (χ0n) is 16.0. The lowest BCUT2D eigenvalue weighted by Gasteiger charge is -2.35. The summed E-state index contributed by atoms with van der Waals surface area (Å²) in [6.45, 7) is 1.81. The summed E-state index contributed by atoms with van der Waals surface area (Å²) in [6, 6.07) is 6.56. The van der Waals surface area contributed by atoms with Gasteiger partial charge in [-0.2, -0.15) is 10.1 Å². The van der Waals surface area contributed by atoms with Gasteiger partial charge in [-0.3, -0.25) is 4.79 Å². The maximum atomic E-state index is 13.5. The lowest BCUT2D eigenvalue weighted by atomic mass is 9.69. The molecule has 0 saturated heterocycles. The Kier molecular flexibility index (Phi) is 4.08. The molecule has 0 radical (unpaired) electrons. The zero-order valence-corrected chi connectivity index (χ0v) is 16.0. The van der Waals surface area contributed by atoms with Crippen molar-refractivity contribution in [1.82, 2.24) is 24.7 Å². The number of aromatic amines is 1. The van der Waals surface area contributed by atoms with Crippen LogP contribution in [0.2, 0.25) is 0 Å². The Morgan fingerprint density at radius 3 is 2.69 bits per heavy atom. The number of nitrogens with one attached hydrogen (secondary N) is 1. The Balaban J connectivity index is 1.66. The molecule has 1 saturated carbocycles. The van der Waals surface area contributed by atoms with Crippen LogP contribution in [-0.2, 0) is 5.41 Å². The molecule has 5 rings (SSSR count). The van der Waals surface area contributed by atoms with Crippen molar-refractivity contribution < 1.29 is 8.91 Å². The van der Waals surface area contributed by atoms with Crippen molar-refractivity contribution in [2.24, 2.45) is 0 Å². The number of aromatic nitrogens is 5. The molecule has 1 aliphatic carbocycles. The molecule has 148 valence electrons. The maximum absolute atomic E-state index is 13.5. The predicted molar refractivity (Wildman–Crippen MR) is 104 cm³/mol. The molecule has 1 fully saturated rings. The molecule has 0 amide bonds. The highest BCUT2D eigenvalue weighted by atomic mass is 19.1. The smallest absolute Gasteiger partial charge is 0.274 e. The largest absolute Gasteiger partial charge is 0.334 e. The topological polar surface area (TPSA) is 89.1 Å². The van der Waals surface area contributed by atoms with Crippen molar-refractivity contribution in [3.05, 3.63) is 69.9 Å². The SMILES string of the molecule is Cc1nn2cc[nH]c(=O)c2c1-c1nc(C2(c3ccc(F)cc3)CCCCC2)no1. The molecule has 1 aromatic carbocycles. The molecule has 4 aromatic rings. The number of fused-ring (bicyclic) bond motifs is 1. The van der Waals surface area contributed by atoms with Crippen LogP contribution in [0.25, 0.3) is 17.0 Å². The van der Waals surface area contributed by atoms with Gasteiger partial charge in [-0.05, 0) is 37.5 Å². The molecule has 0 spiro atoms. The van der Waals surface area contributed by atoms with Gasteiger partial charge in [0.1, 0.15) is 11.3 Å². The summed E-state index contributed by atoms with van der Waals surface area (Å²) < 4.78 is 20.7. The summed E-state index contributed by atoms with van der Waals surface area (Å²) in [5, 5.41) is 8.70. The van der Waals surface area contributed by atoms with Crippen LogP contribution in [0.1, 0.15) is 49.2 Å². The summed E-state index contributed by atoms with van der Waals surface area (Å²) in [5.41, 5.74) is 1.85. The molecule has 0 bridgehead atoms. The minimum absolute atomic E-state index is 0.269. The van der Waals surface area contributed by atoms with Crippen LogP contribution in [0.4, 0.5) is 4.39 Å². The Morgan fingerprint density at radius 2 is 1.93 bits per heavy atom. The van der Waals surface area contributed by atoms with E-state index in [4.69, 9.17) is 9.51 Å². The molecule has 0 atom stereocenters. The fraction of sp³-hybridized carbons (Fsp3) is 0.333. The second kappa shape index (κ2) is 6.65. The molecule has 3 aromatic heterocycles. The fourth-order valence-corrected chi connectivity index (χ4v) is 4.47. The summed E-state index contributed by atoms with van der Waals surface area (Å²) in [5.74, 6) is 0.580. The highest BCUT2D eigenvalue weighted by Crippen LogP contribution is 2.44. The molecule has 29 heavy (non-hydrogen) atoms. The third-order valence-corrected chi connectivity index (χ3v) is 5.90. The Hall–Kier alpha value is -3.29. The van der Waals surface area contributed by atoms with Crippen molar-refractivity contribution in [3.63, 3.8) is 0 Å². The average molecular weight is 393 g/mol. The van der Waals surface area contributed by atoms with Crippen LogP contribution in [0.15, 0.2) is 46.0 Å². The van der Waals surface area contributed by atoms with Crippen LogP contribution in [0, 0.1) is 12.7 Å². The number of rotatable bonds is 3. The van der Waals surface area contributed by atoms with Crippen LogP contribution >= 0.6 is 0 Å². The third kappa shape index (κ3) is 2.78. The number of hydrogen-bond acceptors (Lipinski definition) is 5. The van der Waals surface area contributed by atoms with Gasteiger partial charge in [0.05, 0.1) is 16.7 Å². The van der Waals surface area contributed by atoms with Gasteiger partial charge in [0.15, 0.2) is 5.82 Å². The normalized spacial score (nSPS) is 16.3. The quantitative estimate of drug-likeness (QED) is 0.572. The van der Waals surface area contributed by atoms with E-state index in [9.17, 15) is 9.18 Å². The van der Waals surface area contributed by atoms with Crippen LogP contribution in [0.5, 0.6) is 0 Å². The van der Waals surface area contributed by atoms with E-state index < -0.39 is 5.41 Å². The fourth-order valence-electron chi connectivity index (χ4n) is 4.47. The predicted octanol–water partition coefficient (Wildman–Crippen LogP) is 3.77. The minimum atomic E-state index is -0.420. The summed E-state index contributed by atoms with van der Waals surface area (Å²) in [7, 11) is 0. The van der Waals surface area contributed by atoms with Gasteiger partial charge in [-0.25, -0.2) is 8.91 Å². The number of aryl methyl sites for hydroxylation is 1. The van der Waals surface area contributed by atoms with Crippen LogP contribution < -0.4 is 5.56 Å². The van der Waals surface area contributed by atoms with Crippen molar-refractivity contribution in [1.29, 1.82) is 0 Å². The van der Waals surface area contributed by atoms with E-state index in [0.717, 1.165) is 37.7 Å². The van der Waals surface area contributed by atoms with E-state index in [1.54, 1.807) is 6.20 Å². The Labute approximate surface area is 165 Å². The van der Waals surface area contributed by atoms with Gasteiger partial charge in [-0.1, -0.05) is 36.6 Å². The zero-order chi connectivity index (χ0) is 20.0. The summed E-state index contributed by atoms with van der Waals surface area (Å²) in [4.78, 5) is 19.8. The lowest BCUT2D eigenvalue weighted by molar-refractivity contribution is 0.313. The van der Waals surface area contributed by atoms with Crippen molar-refractivity contribution in [2.75, 3.05) is 0 Å². The monoisotopic (exact) mass is 393 g/mol. The van der Waals surface area contributed by atoms with E-state index in [2.05, 4.69) is 15.2 Å². The second-order valence-electron chi connectivity index (χ2n) is 7.62. The third-order valence-electron chi connectivity index (χ3n) is 5.90. The summed E-state index contributed by atoms with van der Waals surface area (Å²) >= 11 is 0. The van der Waals surface area contributed by atoms with E-state index in [1.807, 2.05) is 19.1 Å². The van der Waals surface area contributed by atoms with Crippen LogP contribution in [0.3, 0.4) is 0 Å². The van der Waals surface area contributed by atoms with E-state index in [0.29, 0.717) is 22.6 Å². The van der Waals surface area contributed by atoms with Gasteiger partial charge >= 0.3 is 0 Å². The molecule has 1 N–H and O–H groups in total. The van der Waals surface area contributed by atoms with Crippen molar-refractivity contribution >= 4 is 5.52 Å². The van der Waals surface area contributed by atoms with E-state index in [-0.39, 0.29) is 17.3 Å². The molecular weight excluding hydrogens is 373 g/mol. The average Bonchev–Trinajstić information content (AvgIpc) is 3.34. The first-order valence-corrected chi connectivity index (χ1v) is 9.76. The molecule has 1 aliphatic rings. The highest BCUT2D eigenvalue weighted by Gasteiger charge is 2.40. The Morgan fingerprint density at radius 1 is 1.17 bits per heavy atom. The first-order chi connectivity index (χ1) is 14.1. The van der Waals surface area contributed by atoms with Crippen LogP contribution in [-0.4, -0.2) is 24.7 Å². The maximum Gasteiger partial charge on any atom is 0.274 e. The molecule has 7 nitrogen and oxygen atoms in total. The number of hydrogen-bond donors (Lipinski definition) is 1. The second-order valence-corrected chi connectivity index (χ2v) is 7.62. The van der Waals surface area contributed by atoms with Gasteiger partial charge in [0.25, 0.3) is 11.4 Å². The Bertz CT molecular complexity index is 1230. The number of H-pyrrole nitrogens is 1. The minimum Gasteiger partial charge on any atom is -0.334 e.